The van der Waals surface area contributed by atoms with Gasteiger partial charge in [0.25, 0.3) is 0 Å². The van der Waals surface area contributed by atoms with Crippen LogP contribution >= 0.6 is 0 Å². The van der Waals surface area contributed by atoms with Gasteiger partial charge < -0.3 is 14.8 Å². The normalized spacial score (nSPS) is 10.9. The van der Waals surface area contributed by atoms with E-state index in [0.717, 1.165) is 33.5 Å². The maximum absolute atomic E-state index is 9.73. The average molecular weight is 267 g/mol. The number of aryl methyl sites for hydroxylation is 2. The van der Waals surface area contributed by atoms with Gasteiger partial charge in [-0.3, -0.25) is 0 Å². The molecule has 20 heavy (non-hydrogen) atoms. The smallest absolute Gasteiger partial charge is 0.134 e. The lowest BCUT2D eigenvalue weighted by Crippen LogP contribution is -2.00. The van der Waals surface area contributed by atoms with Gasteiger partial charge in [-0.15, -0.1) is 0 Å². The van der Waals surface area contributed by atoms with Crippen molar-refractivity contribution >= 4 is 16.7 Å². The van der Waals surface area contributed by atoms with E-state index < -0.39 is 0 Å². The molecular weight excluding hydrogens is 250 g/mol. The second-order valence-corrected chi connectivity index (χ2v) is 4.99. The zero-order valence-electron chi connectivity index (χ0n) is 11.6. The van der Waals surface area contributed by atoms with Crippen LogP contribution in [-0.4, -0.2) is 5.11 Å². The molecular formula is C17H17NO2. The van der Waals surface area contributed by atoms with Crippen molar-refractivity contribution in [3.8, 4) is 5.75 Å². The van der Waals surface area contributed by atoms with E-state index in [1.807, 2.05) is 44.2 Å². The summed E-state index contributed by atoms with van der Waals surface area (Å²) in [4.78, 5) is 0. The van der Waals surface area contributed by atoms with Crippen LogP contribution in [0.15, 0.2) is 46.9 Å². The molecule has 0 radical (unpaired) electrons. The van der Waals surface area contributed by atoms with Crippen molar-refractivity contribution in [2.45, 2.75) is 20.4 Å². The second-order valence-electron chi connectivity index (χ2n) is 4.99. The summed E-state index contributed by atoms with van der Waals surface area (Å²) in [6.45, 7) is 4.53. The number of furan rings is 1. The Morgan fingerprint density at radius 2 is 1.90 bits per heavy atom. The number of rotatable bonds is 3. The van der Waals surface area contributed by atoms with Crippen LogP contribution in [0.1, 0.15) is 16.9 Å². The van der Waals surface area contributed by atoms with Gasteiger partial charge in [-0.1, -0.05) is 24.3 Å². The summed E-state index contributed by atoms with van der Waals surface area (Å²) in [5.41, 5.74) is 3.84. The van der Waals surface area contributed by atoms with E-state index in [-0.39, 0.29) is 0 Å². The van der Waals surface area contributed by atoms with Crippen LogP contribution in [0.5, 0.6) is 5.75 Å². The Hall–Kier alpha value is -2.42. The predicted octanol–water partition coefficient (Wildman–Crippen LogP) is 4.37. The summed E-state index contributed by atoms with van der Waals surface area (Å²) in [5, 5.41) is 14.2. The molecule has 3 rings (SSSR count). The molecule has 1 aromatic heterocycles. The molecule has 0 aliphatic heterocycles. The Bertz CT molecular complexity index is 759. The third-order valence-corrected chi connectivity index (χ3v) is 3.58. The molecule has 0 fully saturated rings. The lowest BCUT2D eigenvalue weighted by molar-refractivity contribution is 0.471. The van der Waals surface area contributed by atoms with Gasteiger partial charge in [0.05, 0.1) is 0 Å². The Kier molecular flexibility index (Phi) is 3.11. The van der Waals surface area contributed by atoms with Crippen molar-refractivity contribution < 1.29 is 9.52 Å². The summed E-state index contributed by atoms with van der Waals surface area (Å²) < 4.78 is 5.74. The highest BCUT2D eigenvalue weighted by Gasteiger charge is 2.10. The summed E-state index contributed by atoms with van der Waals surface area (Å²) in [6, 6.07) is 13.6. The third-order valence-electron chi connectivity index (χ3n) is 3.58. The molecule has 2 aromatic carbocycles. The molecule has 2 N–H and O–H groups in total. The first-order chi connectivity index (χ1) is 9.65. The van der Waals surface area contributed by atoms with Gasteiger partial charge in [-0.2, -0.15) is 0 Å². The van der Waals surface area contributed by atoms with Gasteiger partial charge >= 0.3 is 0 Å². The van der Waals surface area contributed by atoms with E-state index in [4.69, 9.17) is 4.42 Å². The van der Waals surface area contributed by atoms with E-state index >= 15 is 0 Å². The molecule has 0 saturated carbocycles. The van der Waals surface area contributed by atoms with Crippen LogP contribution in [-0.2, 0) is 6.54 Å². The molecule has 0 amide bonds. The van der Waals surface area contributed by atoms with E-state index in [1.165, 1.54) is 0 Å². The number of nitrogens with one attached hydrogen (secondary N) is 1. The molecule has 3 heteroatoms. The number of fused-ring (bicyclic) bond motifs is 1. The highest BCUT2D eigenvalue weighted by molar-refractivity contribution is 5.82. The quantitative estimate of drug-likeness (QED) is 0.740. The molecule has 3 nitrogen and oxygen atoms in total. The number of aromatic hydroxyl groups is 1. The molecule has 0 saturated heterocycles. The van der Waals surface area contributed by atoms with Gasteiger partial charge in [0, 0.05) is 29.2 Å². The van der Waals surface area contributed by atoms with Crippen molar-refractivity contribution in [2.75, 3.05) is 5.32 Å². The number of para-hydroxylation sites is 1. The van der Waals surface area contributed by atoms with Crippen molar-refractivity contribution in [3.63, 3.8) is 0 Å². The van der Waals surface area contributed by atoms with Gasteiger partial charge in [0.15, 0.2) is 0 Å². The van der Waals surface area contributed by atoms with E-state index in [2.05, 4.69) is 11.4 Å². The molecule has 0 aliphatic carbocycles. The number of anilines is 1. The average Bonchev–Trinajstić information content (AvgIpc) is 2.76. The molecule has 0 unspecified atom stereocenters. The zero-order chi connectivity index (χ0) is 14.1. The molecule has 0 atom stereocenters. The highest BCUT2D eigenvalue weighted by Crippen LogP contribution is 2.27. The lowest BCUT2D eigenvalue weighted by atomic mass is 10.1. The van der Waals surface area contributed by atoms with Crippen LogP contribution < -0.4 is 5.32 Å². The third kappa shape index (κ3) is 2.23. The van der Waals surface area contributed by atoms with E-state index in [0.29, 0.717) is 12.3 Å². The van der Waals surface area contributed by atoms with Crippen molar-refractivity contribution in [1.82, 2.24) is 0 Å². The van der Waals surface area contributed by atoms with Crippen LogP contribution in [0.3, 0.4) is 0 Å². The van der Waals surface area contributed by atoms with Crippen molar-refractivity contribution in [3.05, 3.63) is 59.4 Å². The molecule has 102 valence electrons. The lowest BCUT2D eigenvalue weighted by Gasteiger charge is -2.08. The Morgan fingerprint density at radius 3 is 2.70 bits per heavy atom. The predicted molar refractivity (Wildman–Crippen MR) is 81.1 cm³/mol. The van der Waals surface area contributed by atoms with Gasteiger partial charge in [0.2, 0.25) is 0 Å². The minimum atomic E-state index is 0.309. The minimum Gasteiger partial charge on any atom is -0.508 e. The van der Waals surface area contributed by atoms with Crippen LogP contribution in [0.2, 0.25) is 0 Å². The zero-order valence-corrected chi connectivity index (χ0v) is 11.6. The fourth-order valence-electron chi connectivity index (χ4n) is 2.35. The topological polar surface area (TPSA) is 45.4 Å². The van der Waals surface area contributed by atoms with Crippen molar-refractivity contribution in [1.29, 1.82) is 0 Å². The summed E-state index contributed by atoms with van der Waals surface area (Å²) in [6.07, 6.45) is 0. The number of phenolic OH excluding ortho intramolecular Hbond substituents is 1. The highest BCUT2D eigenvalue weighted by atomic mass is 16.3. The van der Waals surface area contributed by atoms with Crippen molar-refractivity contribution in [2.24, 2.45) is 0 Å². The minimum absolute atomic E-state index is 0.309. The fraction of sp³-hybridized carbons (Fsp3) is 0.176. The second kappa shape index (κ2) is 4.93. The number of hydrogen-bond donors (Lipinski definition) is 2. The maximum Gasteiger partial charge on any atom is 0.134 e. The number of phenols is 1. The van der Waals surface area contributed by atoms with Gasteiger partial charge in [-0.25, -0.2) is 0 Å². The fourth-order valence-corrected chi connectivity index (χ4v) is 2.35. The largest absolute Gasteiger partial charge is 0.508 e. The first kappa shape index (κ1) is 12.6. The first-order valence-electron chi connectivity index (χ1n) is 6.65. The summed E-state index contributed by atoms with van der Waals surface area (Å²) in [5.74, 6) is 1.24. The van der Waals surface area contributed by atoms with Crippen LogP contribution in [0, 0.1) is 13.8 Å². The monoisotopic (exact) mass is 267 g/mol. The maximum atomic E-state index is 9.73. The molecule has 0 aliphatic rings. The molecule has 0 bridgehead atoms. The Balaban J connectivity index is 1.86. The van der Waals surface area contributed by atoms with Gasteiger partial charge in [0.1, 0.15) is 17.1 Å². The van der Waals surface area contributed by atoms with E-state index in [9.17, 15) is 5.11 Å². The van der Waals surface area contributed by atoms with Crippen LogP contribution in [0.4, 0.5) is 5.69 Å². The molecule has 3 aromatic rings. The number of hydrogen-bond acceptors (Lipinski definition) is 3. The first-order valence-corrected chi connectivity index (χ1v) is 6.65. The summed E-state index contributed by atoms with van der Waals surface area (Å²) >= 11 is 0. The SMILES string of the molecule is Cc1ccc(NCc2c(C)oc3ccccc23)cc1O. The summed E-state index contributed by atoms with van der Waals surface area (Å²) in [7, 11) is 0. The molecule has 0 spiro atoms. The Morgan fingerprint density at radius 1 is 1.10 bits per heavy atom. The number of benzene rings is 2. The standard InChI is InChI=1S/C17H17NO2/c1-11-7-8-13(9-16(11)19)18-10-15-12(2)20-17-6-4-3-5-14(15)17/h3-9,18-19H,10H2,1-2H3. The van der Waals surface area contributed by atoms with E-state index in [1.54, 1.807) is 6.07 Å². The van der Waals surface area contributed by atoms with Crippen LogP contribution in [0.25, 0.3) is 11.0 Å². The Labute approximate surface area is 117 Å². The molecule has 1 heterocycles. The van der Waals surface area contributed by atoms with Gasteiger partial charge in [-0.05, 0) is 31.5 Å².